The molecule has 3 N–H and O–H groups in total. The van der Waals surface area contributed by atoms with Gasteiger partial charge in [0.2, 0.25) is 11.8 Å². The number of carbonyl (C=O) groups excluding carboxylic acids is 1. The standard InChI is InChI=1S/C13H18F3N3O2/c1-9(3-2-6-17)12(20)19-10-4-5-11(18-7-10)21-8-13(14,15)16/h4-5,7,9H,2-3,6,8,17H2,1H3,(H,19,20). The molecule has 0 bridgehead atoms. The van der Waals surface area contributed by atoms with Crippen LogP contribution in [0.25, 0.3) is 0 Å². The van der Waals surface area contributed by atoms with Gasteiger partial charge in [-0.05, 0) is 25.5 Å². The quantitative estimate of drug-likeness (QED) is 0.810. The molecule has 0 aliphatic heterocycles. The van der Waals surface area contributed by atoms with Crippen LogP contribution >= 0.6 is 0 Å². The number of halogens is 3. The average Bonchev–Trinajstić information content (AvgIpc) is 2.43. The van der Waals surface area contributed by atoms with Gasteiger partial charge in [0.1, 0.15) is 0 Å². The van der Waals surface area contributed by atoms with Crippen molar-refractivity contribution >= 4 is 11.6 Å². The number of rotatable bonds is 7. The molecule has 118 valence electrons. The van der Waals surface area contributed by atoms with Gasteiger partial charge in [-0.3, -0.25) is 4.79 Å². The van der Waals surface area contributed by atoms with E-state index in [0.29, 0.717) is 18.7 Å². The van der Waals surface area contributed by atoms with E-state index in [1.54, 1.807) is 6.92 Å². The van der Waals surface area contributed by atoms with Gasteiger partial charge in [0.15, 0.2) is 6.61 Å². The van der Waals surface area contributed by atoms with Crippen LogP contribution in [-0.2, 0) is 4.79 Å². The normalized spacial score (nSPS) is 12.8. The van der Waals surface area contributed by atoms with Gasteiger partial charge in [0.25, 0.3) is 0 Å². The Balaban J connectivity index is 2.49. The van der Waals surface area contributed by atoms with Crippen molar-refractivity contribution in [3.05, 3.63) is 18.3 Å². The zero-order valence-corrected chi connectivity index (χ0v) is 11.6. The molecule has 0 saturated carbocycles. The topological polar surface area (TPSA) is 77.2 Å². The number of nitrogens with zero attached hydrogens (tertiary/aromatic N) is 1. The highest BCUT2D eigenvalue weighted by molar-refractivity contribution is 5.92. The lowest BCUT2D eigenvalue weighted by molar-refractivity contribution is -0.154. The predicted molar refractivity (Wildman–Crippen MR) is 71.9 cm³/mol. The monoisotopic (exact) mass is 305 g/mol. The first-order valence-corrected chi connectivity index (χ1v) is 6.48. The molecule has 0 saturated heterocycles. The van der Waals surface area contributed by atoms with Gasteiger partial charge in [-0.1, -0.05) is 6.92 Å². The van der Waals surface area contributed by atoms with E-state index in [9.17, 15) is 18.0 Å². The molecule has 0 radical (unpaired) electrons. The zero-order valence-electron chi connectivity index (χ0n) is 11.6. The van der Waals surface area contributed by atoms with Gasteiger partial charge in [-0.25, -0.2) is 4.98 Å². The minimum absolute atomic E-state index is 0.151. The van der Waals surface area contributed by atoms with E-state index in [0.717, 1.165) is 6.42 Å². The van der Waals surface area contributed by atoms with Crippen LogP contribution in [0, 0.1) is 5.92 Å². The molecule has 8 heteroatoms. The first kappa shape index (κ1) is 17.2. The lowest BCUT2D eigenvalue weighted by atomic mass is 10.0. The Hall–Kier alpha value is -1.83. The van der Waals surface area contributed by atoms with Crippen molar-refractivity contribution in [3.63, 3.8) is 0 Å². The molecular formula is C13H18F3N3O2. The van der Waals surface area contributed by atoms with Gasteiger partial charge in [0.05, 0.1) is 11.9 Å². The molecule has 0 aliphatic carbocycles. The van der Waals surface area contributed by atoms with Gasteiger partial charge in [-0.2, -0.15) is 13.2 Å². The van der Waals surface area contributed by atoms with E-state index in [1.807, 2.05) is 0 Å². The number of nitrogens with one attached hydrogen (secondary N) is 1. The predicted octanol–water partition coefficient (Wildman–Crippen LogP) is 2.34. The van der Waals surface area contributed by atoms with Crippen LogP contribution < -0.4 is 15.8 Å². The summed E-state index contributed by atoms with van der Waals surface area (Å²) < 4.78 is 40.4. The second kappa shape index (κ2) is 7.82. The third-order valence-corrected chi connectivity index (χ3v) is 2.68. The number of hydrogen-bond donors (Lipinski definition) is 2. The molecule has 1 rings (SSSR count). The molecule has 0 spiro atoms. The molecule has 1 atom stereocenters. The maximum absolute atomic E-state index is 12.0. The summed E-state index contributed by atoms with van der Waals surface area (Å²) in [7, 11) is 0. The third kappa shape index (κ3) is 6.94. The lowest BCUT2D eigenvalue weighted by Gasteiger charge is -2.12. The molecule has 0 fully saturated rings. The molecule has 1 aromatic rings. The Morgan fingerprint density at radius 1 is 1.48 bits per heavy atom. The number of aromatic nitrogens is 1. The van der Waals surface area contributed by atoms with Crippen molar-refractivity contribution < 1.29 is 22.7 Å². The van der Waals surface area contributed by atoms with Crippen molar-refractivity contribution in [2.24, 2.45) is 11.7 Å². The molecule has 1 aromatic heterocycles. The molecule has 5 nitrogen and oxygen atoms in total. The molecular weight excluding hydrogens is 287 g/mol. The third-order valence-electron chi connectivity index (χ3n) is 2.68. The van der Waals surface area contributed by atoms with E-state index in [-0.39, 0.29) is 17.7 Å². The first-order valence-electron chi connectivity index (χ1n) is 6.48. The fourth-order valence-corrected chi connectivity index (χ4v) is 1.52. The van der Waals surface area contributed by atoms with Crippen molar-refractivity contribution in [1.82, 2.24) is 4.98 Å². The zero-order chi connectivity index (χ0) is 15.9. The summed E-state index contributed by atoms with van der Waals surface area (Å²) >= 11 is 0. The van der Waals surface area contributed by atoms with Crippen LogP contribution in [0.2, 0.25) is 0 Å². The summed E-state index contributed by atoms with van der Waals surface area (Å²) in [6.07, 6.45) is -1.74. The fourth-order valence-electron chi connectivity index (χ4n) is 1.52. The maximum Gasteiger partial charge on any atom is 0.422 e. The highest BCUT2D eigenvalue weighted by Crippen LogP contribution is 2.18. The number of anilines is 1. The van der Waals surface area contributed by atoms with Crippen molar-refractivity contribution in [1.29, 1.82) is 0 Å². The second-order valence-electron chi connectivity index (χ2n) is 4.61. The van der Waals surface area contributed by atoms with E-state index in [4.69, 9.17) is 5.73 Å². The highest BCUT2D eigenvalue weighted by Gasteiger charge is 2.28. The van der Waals surface area contributed by atoms with Crippen LogP contribution in [0.5, 0.6) is 5.88 Å². The van der Waals surface area contributed by atoms with Gasteiger partial charge in [0, 0.05) is 12.0 Å². The van der Waals surface area contributed by atoms with E-state index < -0.39 is 12.8 Å². The Morgan fingerprint density at radius 2 is 2.19 bits per heavy atom. The van der Waals surface area contributed by atoms with Gasteiger partial charge >= 0.3 is 6.18 Å². The molecule has 0 aliphatic rings. The molecule has 1 unspecified atom stereocenters. The van der Waals surface area contributed by atoms with Crippen molar-refractivity contribution in [2.45, 2.75) is 25.9 Å². The van der Waals surface area contributed by atoms with E-state index in [2.05, 4.69) is 15.0 Å². The van der Waals surface area contributed by atoms with Crippen LogP contribution in [0.4, 0.5) is 18.9 Å². The Bertz CT molecular complexity index is 449. The first-order chi connectivity index (χ1) is 9.81. The Morgan fingerprint density at radius 3 is 2.71 bits per heavy atom. The Kier molecular flexibility index (Phi) is 6.41. The van der Waals surface area contributed by atoms with E-state index >= 15 is 0 Å². The minimum Gasteiger partial charge on any atom is -0.468 e. The largest absolute Gasteiger partial charge is 0.468 e. The summed E-state index contributed by atoms with van der Waals surface area (Å²) in [5.74, 6) is -0.537. The summed E-state index contributed by atoms with van der Waals surface area (Å²) in [6.45, 7) is 0.894. The number of amides is 1. The number of hydrogen-bond acceptors (Lipinski definition) is 4. The minimum atomic E-state index is -4.41. The number of ether oxygens (including phenoxy) is 1. The SMILES string of the molecule is CC(CCCN)C(=O)Nc1ccc(OCC(F)(F)F)nc1. The van der Waals surface area contributed by atoms with Gasteiger partial charge in [-0.15, -0.1) is 0 Å². The van der Waals surface area contributed by atoms with Crippen LogP contribution in [0.3, 0.4) is 0 Å². The van der Waals surface area contributed by atoms with Crippen LogP contribution in [0.1, 0.15) is 19.8 Å². The van der Waals surface area contributed by atoms with Crippen molar-refractivity contribution in [2.75, 3.05) is 18.5 Å². The second-order valence-corrected chi connectivity index (χ2v) is 4.61. The summed E-state index contributed by atoms with van der Waals surface area (Å²) in [5.41, 5.74) is 5.77. The molecule has 1 amide bonds. The number of pyridine rings is 1. The van der Waals surface area contributed by atoms with E-state index in [1.165, 1.54) is 18.3 Å². The average molecular weight is 305 g/mol. The smallest absolute Gasteiger partial charge is 0.422 e. The summed E-state index contributed by atoms with van der Waals surface area (Å²) in [5, 5.41) is 2.63. The van der Waals surface area contributed by atoms with Gasteiger partial charge < -0.3 is 15.8 Å². The number of alkyl halides is 3. The van der Waals surface area contributed by atoms with Crippen molar-refractivity contribution in [3.8, 4) is 5.88 Å². The number of carbonyl (C=O) groups is 1. The molecule has 21 heavy (non-hydrogen) atoms. The fraction of sp³-hybridized carbons (Fsp3) is 0.538. The molecule has 0 aromatic carbocycles. The Labute approximate surface area is 120 Å². The van der Waals surface area contributed by atoms with Crippen LogP contribution in [0.15, 0.2) is 18.3 Å². The van der Waals surface area contributed by atoms with Crippen LogP contribution in [-0.4, -0.2) is 30.2 Å². The maximum atomic E-state index is 12.0. The molecule has 1 heterocycles. The summed E-state index contributed by atoms with van der Waals surface area (Å²) in [6, 6.07) is 2.71. The number of nitrogens with two attached hydrogens (primary N) is 1. The highest BCUT2D eigenvalue weighted by atomic mass is 19.4. The lowest BCUT2D eigenvalue weighted by Crippen LogP contribution is -2.21. The summed E-state index contributed by atoms with van der Waals surface area (Å²) in [4.78, 5) is 15.5.